The van der Waals surface area contributed by atoms with E-state index in [2.05, 4.69) is 4.74 Å². The van der Waals surface area contributed by atoms with Crippen LogP contribution in [-0.2, 0) is 14.3 Å². The lowest BCUT2D eigenvalue weighted by atomic mass is 10.4. The Kier molecular flexibility index (Phi) is 10.9. The van der Waals surface area contributed by atoms with E-state index in [9.17, 15) is 4.79 Å². The molecule has 1 unspecified atom stereocenters. The molecule has 0 amide bonds. The Labute approximate surface area is 79.8 Å². The van der Waals surface area contributed by atoms with Gasteiger partial charge in [-0.3, -0.25) is 4.79 Å². The zero-order valence-electron chi connectivity index (χ0n) is 9.03. The molecule has 0 aromatic rings. The number of carbonyl (C=O) groups is 1. The van der Waals surface area contributed by atoms with Crippen LogP contribution in [0, 0.1) is 0 Å². The van der Waals surface area contributed by atoms with Crippen LogP contribution >= 0.6 is 0 Å². The summed E-state index contributed by atoms with van der Waals surface area (Å²) in [6, 6.07) is 0. The SMILES string of the molecule is CC(=O)OCC(C)O.COC(C)C. The van der Waals surface area contributed by atoms with E-state index in [0.717, 1.165) is 0 Å². The van der Waals surface area contributed by atoms with Gasteiger partial charge >= 0.3 is 5.97 Å². The molecule has 0 aromatic heterocycles. The van der Waals surface area contributed by atoms with Gasteiger partial charge in [-0.05, 0) is 20.8 Å². The summed E-state index contributed by atoms with van der Waals surface area (Å²) in [6.07, 6.45) is -0.172. The lowest BCUT2D eigenvalue weighted by Crippen LogP contribution is -2.12. The fourth-order valence-electron chi connectivity index (χ4n) is 0.238. The Morgan fingerprint density at radius 2 is 1.77 bits per heavy atom. The predicted molar refractivity (Wildman–Crippen MR) is 50.5 cm³/mol. The van der Waals surface area contributed by atoms with Crippen LogP contribution in [0.4, 0.5) is 0 Å². The van der Waals surface area contributed by atoms with Crippen molar-refractivity contribution in [2.75, 3.05) is 13.7 Å². The van der Waals surface area contributed by atoms with Crippen LogP contribution in [-0.4, -0.2) is 37.0 Å². The Morgan fingerprint density at radius 3 is 1.85 bits per heavy atom. The summed E-state index contributed by atoms with van der Waals surface area (Å²) in [6.45, 7) is 6.96. The van der Waals surface area contributed by atoms with Crippen molar-refractivity contribution < 1.29 is 19.4 Å². The molecule has 1 N–H and O–H groups in total. The number of carbonyl (C=O) groups excluding carboxylic acids is 1. The molecule has 0 fully saturated rings. The summed E-state index contributed by atoms with van der Waals surface area (Å²) < 4.78 is 9.16. The zero-order valence-corrected chi connectivity index (χ0v) is 9.03. The van der Waals surface area contributed by atoms with Crippen molar-refractivity contribution in [2.45, 2.75) is 39.9 Å². The molecule has 0 heterocycles. The van der Waals surface area contributed by atoms with Crippen LogP contribution in [0.3, 0.4) is 0 Å². The van der Waals surface area contributed by atoms with Gasteiger partial charge in [0.1, 0.15) is 6.61 Å². The summed E-state index contributed by atoms with van der Waals surface area (Å²) >= 11 is 0. The van der Waals surface area contributed by atoms with Crippen LogP contribution in [0.2, 0.25) is 0 Å². The number of hydrogen-bond donors (Lipinski definition) is 1. The Balaban J connectivity index is 0. The summed E-state index contributed by atoms with van der Waals surface area (Å²) in [4.78, 5) is 10.0. The van der Waals surface area contributed by atoms with E-state index in [0.29, 0.717) is 6.10 Å². The summed E-state index contributed by atoms with van der Waals surface area (Å²) in [5.74, 6) is -0.356. The predicted octanol–water partition coefficient (Wildman–Crippen LogP) is 0.971. The Bertz CT molecular complexity index is 121. The van der Waals surface area contributed by atoms with E-state index in [1.807, 2.05) is 13.8 Å². The maximum atomic E-state index is 10.0. The summed E-state index contributed by atoms with van der Waals surface area (Å²) in [7, 11) is 1.70. The van der Waals surface area contributed by atoms with Gasteiger partial charge in [0.05, 0.1) is 12.2 Å². The molecule has 1 atom stereocenters. The molecule has 80 valence electrons. The van der Waals surface area contributed by atoms with Crippen LogP contribution in [0.5, 0.6) is 0 Å². The second-order valence-corrected chi connectivity index (χ2v) is 2.94. The topological polar surface area (TPSA) is 55.8 Å². The first kappa shape index (κ1) is 14.9. The number of rotatable bonds is 3. The van der Waals surface area contributed by atoms with Crippen molar-refractivity contribution in [1.82, 2.24) is 0 Å². The third-order valence-electron chi connectivity index (χ3n) is 0.999. The molecule has 13 heavy (non-hydrogen) atoms. The lowest BCUT2D eigenvalue weighted by molar-refractivity contribution is -0.143. The van der Waals surface area contributed by atoms with Crippen molar-refractivity contribution in [2.24, 2.45) is 0 Å². The fraction of sp³-hybridized carbons (Fsp3) is 0.889. The molecular weight excluding hydrogens is 172 g/mol. The molecule has 0 spiro atoms. The number of ether oxygens (including phenoxy) is 2. The largest absolute Gasteiger partial charge is 0.463 e. The standard InChI is InChI=1S/C5H10O3.C4H10O/c1-4(6)3-8-5(2)7;1-4(2)5-3/h4,6H,3H2,1-2H3;4H,1-3H3. The zero-order chi connectivity index (χ0) is 10.9. The van der Waals surface area contributed by atoms with Crippen molar-refractivity contribution in [3.05, 3.63) is 0 Å². The number of esters is 1. The molecule has 0 bridgehead atoms. The van der Waals surface area contributed by atoms with Crippen LogP contribution < -0.4 is 0 Å². The van der Waals surface area contributed by atoms with Gasteiger partial charge in [-0.25, -0.2) is 0 Å². The fourth-order valence-corrected chi connectivity index (χ4v) is 0.238. The lowest BCUT2D eigenvalue weighted by Gasteiger charge is -2.01. The van der Waals surface area contributed by atoms with Gasteiger partial charge in [-0.2, -0.15) is 0 Å². The van der Waals surface area contributed by atoms with Gasteiger partial charge < -0.3 is 14.6 Å². The molecule has 0 saturated carbocycles. The minimum absolute atomic E-state index is 0.0926. The highest BCUT2D eigenvalue weighted by atomic mass is 16.5. The first-order valence-electron chi connectivity index (χ1n) is 4.24. The van der Waals surface area contributed by atoms with Gasteiger partial charge in [-0.15, -0.1) is 0 Å². The monoisotopic (exact) mass is 192 g/mol. The normalized spacial score (nSPS) is 11.6. The smallest absolute Gasteiger partial charge is 0.302 e. The van der Waals surface area contributed by atoms with Gasteiger partial charge in [0.2, 0.25) is 0 Å². The van der Waals surface area contributed by atoms with E-state index in [-0.39, 0.29) is 12.6 Å². The molecule has 0 aliphatic carbocycles. The molecule has 0 aliphatic heterocycles. The first-order chi connectivity index (χ1) is 5.90. The molecule has 0 radical (unpaired) electrons. The van der Waals surface area contributed by atoms with Crippen LogP contribution in [0.25, 0.3) is 0 Å². The van der Waals surface area contributed by atoms with Crippen molar-refractivity contribution in [1.29, 1.82) is 0 Å². The van der Waals surface area contributed by atoms with Crippen molar-refractivity contribution in [3.63, 3.8) is 0 Å². The quantitative estimate of drug-likeness (QED) is 0.677. The molecular formula is C9H20O4. The van der Waals surface area contributed by atoms with Crippen molar-refractivity contribution in [3.8, 4) is 0 Å². The van der Waals surface area contributed by atoms with Crippen molar-refractivity contribution >= 4 is 5.97 Å². The molecule has 0 rings (SSSR count). The van der Waals surface area contributed by atoms with Gasteiger partial charge in [-0.1, -0.05) is 0 Å². The van der Waals surface area contributed by atoms with Crippen LogP contribution in [0.15, 0.2) is 0 Å². The molecule has 0 saturated heterocycles. The molecule has 4 heteroatoms. The molecule has 4 nitrogen and oxygen atoms in total. The molecule has 0 aromatic carbocycles. The van der Waals surface area contributed by atoms with E-state index in [1.165, 1.54) is 6.92 Å². The second kappa shape index (κ2) is 9.48. The van der Waals surface area contributed by atoms with E-state index >= 15 is 0 Å². The van der Waals surface area contributed by atoms with Gasteiger partial charge in [0.25, 0.3) is 0 Å². The first-order valence-corrected chi connectivity index (χ1v) is 4.24. The summed E-state index contributed by atoms with van der Waals surface area (Å²) in [5, 5.41) is 8.52. The maximum Gasteiger partial charge on any atom is 0.302 e. The Morgan fingerprint density at radius 1 is 1.38 bits per heavy atom. The maximum absolute atomic E-state index is 10.0. The third-order valence-corrected chi connectivity index (χ3v) is 0.999. The second-order valence-electron chi connectivity index (χ2n) is 2.94. The third kappa shape index (κ3) is 24.6. The van der Waals surface area contributed by atoms with E-state index in [1.54, 1.807) is 14.0 Å². The number of hydrogen-bond acceptors (Lipinski definition) is 4. The average Bonchev–Trinajstić information content (AvgIpc) is 2.02. The highest BCUT2D eigenvalue weighted by Gasteiger charge is 1.96. The van der Waals surface area contributed by atoms with Gasteiger partial charge in [0, 0.05) is 14.0 Å². The molecule has 0 aliphatic rings. The van der Waals surface area contributed by atoms with E-state index < -0.39 is 6.10 Å². The van der Waals surface area contributed by atoms with E-state index in [4.69, 9.17) is 9.84 Å². The number of aliphatic hydroxyl groups is 1. The number of aliphatic hydroxyl groups excluding tert-OH is 1. The highest BCUT2D eigenvalue weighted by molar-refractivity contribution is 5.65. The summed E-state index contributed by atoms with van der Waals surface area (Å²) in [5.41, 5.74) is 0. The minimum Gasteiger partial charge on any atom is -0.463 e. The Hall–Kier alpha value is -0.610. The average molecular weight is 192 g/mol. The van der Waals surface area contributed by atoms with Gasteiger partial charge in [0.15, 0.2) is 0 Å². The highest BCUT2D eigenvalue weighted by Crippen LogP contribution is 1.81. The van der Waals surface area contributed by atoms with Crippen LogP contribution in [0.1, 0.15) is 27.7 Å². The number of methoxy groups -OCH3 is 1. The minimum atomic E-state index is -0.557.